The number of ether oxygens (including phenoxy) is 2. The van der Waals surface area contributed by atoms with Gasteiger partial charge in [0.2, 0.25) is 0 Å². The summed E-state index contributed by atoms with van der Waals surface area (Å²) in [5.74, 6) is 2.69. The highest BCUT2D eigenvalue weighted by molar-refractivity contribution is 5.98. The van der Waals surface area contributed by atoms with E-state index >= 15 is 0 Å². The van der Waals surface area contributed by atoms with Crippen molar-refractivity contribution < 1.29 is 9.47 Å². The number of nitrogens with zero attached hydrogens (tertiary/aromatic N) is 4. The van der Waals surface area contributed by atoms with Crippen LogP contribution in [0.2, 0.25) is 0 Å². The highest BCUT2D eigenvalue weighted by Crippen LogP contribution is 2.28. The molecule has 37 heavy (non-hydrogen) atoms. The van der Waals surface area contributed by atoms with Gasteiger partial charge >= 0.3 is 0 Å². The first-order valence-electron chi connectivity index (χ1n) is 13.0. The lowest BCUT2D eigenvalue weighted by atomic mass is 10.2. The minimum absolute atomic E-state index is 0.685. The summed E-state index contributed by atoms with van der Waals surface area (Å²) in [6, 6.07) is 26.6. The van der Waals surface area contributed by atoms with Gasteiger partial charge in [0.1, 0.15) is 11.5 Å². The van der Waals surface area contributed by atoms with E-state index in [4.69, 9.17) is 9.47 Å². The van der Waals surface area contributed by atoms with E-state index in [2.05, 4.69) is 50.1 Å². The third-order valence-electron chi connectivity index (χ3n) is 6.77. The van der Waals surface area contributed by atoms with Crippen molar-refractivity contribution in [1.82, 2.24) is 21.0 Å². The standard InChI is InChI=1S/C29H36N6O2/c1-36-28-12-6-5-11-27(28)34-20-18-33(19-21-34)17-7-8-22-37-26-15-13-24(14-16-26)23-35-31-29(30-32-35)25-9-3-2-4-10-25/h2-6,9-16,32H,7-8,17-23H2,1H3,(H,30,31). The van der Waals surface area contributed by atoms with Gasteiger partial charge in [-0.3, -0.25) is 10.3 Å². The van der Waals surface area contributed by atoms with Crippen LogP contribution < -0.4 is 25.3 Å². The van der Waals surface area contributed by atoms with Crippen LogP contribution in [0.3, 0.4) is 0 Å². The fraction of sp³-hybridized carbons (Fsp3) is 0.345. The van der Waals surface area contributed by atoms with Crippen LogP contribution in [-0.2, 0) is 6.54 Å². The van der Waals surface area contributed by atoms with Crippen LogP contribution >= 0.6 is 0 Å². The fourth-order valence-corrected chi connectivity index (χ4v) is 4.69. The number of hydrazine groups is 2. The molecule has 0 saturated carbocycles. The van der Waals surface area contributed by atoms with Gasteiger partial charge in [-0.2, -0.15) is 0 Å². The predicted molar refractivity (Wildman–Crippen MR) is 148 cm³/mol. The Morgan fingerprint density at radius 2 is 1.59 bits per heavy atom. The third-order valence-corrected chi connectivity index (χ3v) is 6.77. The van der Waals surface area contributed by atoms with Crippen LogP contribution in [0.1, 0.15) is 24.0 Å². The highest BCUT2D eigenvalue weighted by atomic mass is 16.5. The predicted octanol–water partition coefficient (Wildman–Crippen LogP) is 3.86. The zero-order chi connectivity index (χ0) is 25.3. The zero-order valence-electron chi connectivity index (χ0n) is 21.5. The van der Waals surface area contributed by atoms with E-state index in [1.807, 2.05) is 59.7 Å². The highest BCUT2D eigenvalue weighted by Gasteiger charge is 2.19. The molecule has 2 heterocycles. The number of rotatable bonds is 11. The number of anilines is 1. The van der Waals surface area contributed by atoms with Gasteiger partial charge in [0.05, 0.1) is 25.9 Å². The second-order valence-corrected chi connectivity index (χ2v) is 9.32. The number of methoxy groups -OCH3 is 1. The number of para-hydroxylation sites is 2. The van der Waals surface area contributed by atoms with Crippen molar-refractivity contribution in [2.75, 3.05) is 51.3 Å². The molecule has 2 N–H and O–H groups in total. The Labute approximate surface area is 219 Å². The molecule has 8 nitrogen and oxygen atoms in total. The number of benzene rings is 3. The van der Waals surface area contributed by atoms with E-state index in [0.717, 1.165) is 75.1 Å². The number of amidine groups is 1. The van der Waals surface area contributed by atoms with E-state index in [1.54, 1.807) is 7.11 Å². The first-order chi connectivity index (χ1) is 18.3. The number of unbranched alkanes of at least 4 members (excludes halogenated alkanes) is 1. The molecule has 3 aromatic rings. The number of hydrogen-bond donors (Lipinski definition) is 2. The summed E-state index contributed by atoms with van der Waals surface area (Å²) in [5, 5.41) is 6.23. The van der Waals surface area contributed by atoms with Gasteiger partial charge < -0.3 is 14.4 Å². The van der Waals surface area contributed by atoms with Crippen LogP contribution in [0.15, 0.2) is 84.0 Å². The molecule has 0 atom stereocenters. The third kappa shape index (κ3) is 6.72. The number of piperazine rings is 1. The Morgan fingerprint density at radius 1 is 0.838 bits per heavy atom. The van der Waals surface area contributed by atoms with Crippen LogP contribution in [0.4, 0.5) is 5.69 Å². The average molecular weight is 501 g/mol. The summed E-state index contributed by atoms with van der Waals surface area (Å²) in [6.45, 7) is 6.77. The Hall–Kier alpha value is -3.75. The van der Waals surface area contributed by atoms with Crippen molar-refractivity contribution in [3.05, 3.63) is 90.0 Å². The summed E-state index contributed by atoms with van der Waals surface area (Å²) in [5.41, 5.74) is 9.74. The molecular weight excluding hydrogens is 464 g/mol. The Balaban J connectivity index is 0.962. The van der Waals surface area contributed by atoms with Crippen molar-refractivity contribution in [2.45, 2.75) is 19.4 Å². The van der Waals surface area contributed by atoms with Crippen molar-refractivity contribution >= 4 is 11.5 Å². The Kier molecular flexibility index (Phi) is 8.40. The molecule has 0 spiro atoms. The summed E-state index contributed by atoms with van der Waals surface area (Å²) >= 11 is 0. The molecular formula is C29H36N6O2. The number of hydrazone groups is 1. The maximum Gasteiger partial charge on any atom is 0.170 e. The van der Waals surface area contributed by atoms with Crippen LogP contribution in [-0.4, -0.2) is 62.3 Å². The molecule has 1 fully saturated rings. The Morgan fingerprint density at radius 3 is 2.38 bits per heavy atom. The van der Waals surface area contributed by atoms with Gasteiger partial charge in [-0.15, -0.1) is 10.2 Å². The van der Waals surface area contributed by atoms with Crippen molar-refractivity contribution in [2.24, 2.45) is 5.10 Å². The molecule has 2 aliphatic rings. The first kappa shape index (κ1) is 24.9. The van der Waals surface area contributed by atoms with E-state index in [-0.39, 0.29) is 0 Å². The minimum atomic E-state index is 0.685. The van der Waals surface area contributed by atoms with Crippen molar-refractivity contribution in [3.8, 4) is 11.5 Å². The maximum atomic E-state index is 5.99. The van der Waals surface area contributed by atoms with Crippen LogP contribution in [0.25, 0.3) is 0 Å². The quantitative estimate of drug-likeness (QED) is 0.388. The molecule has 194 valence electrons. The molecule has 0 bridgehead atoms. The lowest BCUT2D eigenvalue weighted by molar-refractivity contribution is 0.170. The molecule has 5 rings (SSSR count). The largest absolute Gasteiger partial charge is 0.495 e. The zero-order valence-corrected chi connectivity index (χ0v) is 21.5. The molecule has 1 saturated heterocycles. The maximum absolute atomic E-state index is 5.99. The number of hydrogen-bond acceptors (Lipinski definition) is 8. The molecule has 0 unspecified atom stereocenters. The SMILES string of the molecule is COc1ccccc1N1CCN(CCCCOc2ccc(CN3NN=C(c4ccccc4)N3)cc2)CC1. The van der Waals surface area contributed by atoms with E-state index in [0.29, 0.717) is 6.54 Å². The lowest BCUT2D eigenvalue weighted by Crippen LogP contribution is -2.46. The summed E-state index contributed by atoms with van der Waals surface area (Å²) in [6.07, 6.45) is 2.19. The summed E-state index contributed by atoms with van der Waals surface area (Å²) in [4.78, 5) is 4.97. The smallest absolute Gasteiger partial charge is 0.170 e. The molecule has 0 aliphatic carbocycles. The summed E-state index contributed by atoms with van der Waals surface area (Å²) in [7, 11) is 1.74. The molecule has 0 radical (unpaired) electrons. The molecule has 0 amide bonds. The second kappa shape index (κ2) is 12.5. The number of nitrogens with one attached hydrogen (secondary N) is 2. The normalized spacial score (nSPS) is 16.1. The van der Waals surface area contributed by atoms with Gasteiger partial charge in [-0.25, -0.2) is 5.53 Å². The molecule has 8 heteroatoms. The van der Waals surface area contributed by atoms with E-state index in [9.17, 15) is 0 Å². The minimum Gasteiger partial charge on any atom is -0.495 e. The van der Waals surface area contributed by atoms with Gasteiger partial charge in [0.15, 0.2) is 5.84 Å². The monoisotopic (exact) mass is 500 g/mol. The second-order valence-electron chi connectivity index (χ2n) is 9.32. The molecule has 2 aliphatic heterocycles. The molecule has 0 aromatic heterocycles. The fourth-order valence-electron chi connectivity index (χ4n) is 4.69. The summed E-state index contributed by atoms with van der Waals surface area (Å²) < 4.78 is 11.5. The van der Waals surface area contributed by atoms with Crippen molar-refractivity contribution in [1.29, 1.82) is 0 Å². The molecule has 3 aromatic carbocycles. The Bertz CT molecular complexity index is 1150. The van der Waals surface area contributed by atoms with Crippen LogP contribution in [0, 0.1) is 0 Å². The van der Waals surface area contributed by atoms with E-state index < -0.39 is 0 Å². The van der Waals surface area contributed by atoms with E-state index in [1.165, 1.54) is 11.3 Å². The van der Waals surface area contributed by atoms with Gasteiger partial charge in [0.25, 0.3) is 0 Å². The van der Waals surface area contributed by atoms with Gasteiger partial charge in [0, 0.05) is 31.7 Å². The van der Waals surface area contributed by atoms with Crippen LogP contribution in [0.5, 0.6) is 11.5 Å². The van der Waals surface area contributed by atoms with Gasteiger partial charge in [-0.05, 0) is 49.2 Å². The first-order valence-corrected chi connectivity index (χ1v) is 13.0. The van der Waals surface area contributed by atoms with Crippen molar-refractivity contribution in [3.63, 3.8) is 0 Å². The average Bonchev–Trinajstić information content (AvgIpc) is 3.43. The lowest BCUT2D eigenvalue weighted by Gasteiger charge is -2.36. The van der Waals surface area contributed by atoms with Gasteiger partial charge in [-0.1, -0.05) is 54.6 Å². The topological polar surface area (TPSA) is 64.6 Å².